The smallest absolute Gasteiger partial charge is 0.161 e. The summed E-state index contributed by atoms with van der Waals surface area (Å²) in [6, 6.07) is 4.41. The number of epoxide rings is 2. The maximum atomic E-state index is 10.2. The normalized spacial score (nSPS) is 22.4. The van der Waals surface area contributed by atoms with E-state index in [2.05, 4.69) is 0 Å². The molecule has 2 aliphatic rings. The quantitative estimate of drug-likeness (QED) is 0.619. The Bertz CT molecular complexity index is 427. The van der Waals surface area contributed by atoms with Gasteiger partial charge in [-0.05, 0) is 18.2 Å². The Morgan fingerprint density at radius 1 is 1.30 bits per heavy atom. The van der Waals surface area contributed by atoms with E-state index in [1.807, 2.05) is 0 Å². The monoisotopic (exact) mass is 282 g/mol. The van der Waals surface area contributed by atoms with Crippen molar-refractivity contribution in [2.75, 3.05) is 33.5 Å². The van der Waals surface area contributed by atoms with Gasteiger partial charge in [-0.25, -0.2) is 0 Å². The van der Waals surface area contributed by atoms with E-state index in [-0.39, 0.29) is 5.75 Å². The molecule has 0 amide bonds. The van der Waals surface area contributed by atoms with Gasteiger partial charge in [-0.3, -0.25) is 4.79 Å². The van der Waals surface area contributed by atoms with Crippen LogP contribution in [0.2, 0.25) is 0 Å². The van der Waals surface area contributed by atoms with E-state index in [0.29, 0.717) is 29.8 Å². The first-order valence-electron chi connectivity index (χ1n) is 6.36. The van der Waals surface area contributed by atoms with E-state index in [4.69, 9.17) is 24.1 Å². The summed E-state index contributed by atoms with van der Waals surface area (Å²) < 4.78 is 19.9. The molecule has 0 spiro atoms. The summed E-state index contributed by atoms with van der Waals surface area (Å²) in [4.78, 5) is 10.2. The van der Waals surface area contributed by atoms with Gasteiger partial charge in [0.15, 0.2) is 11.5 Å². The number of rotatable bonds is 6. The Balaban J connectivity index is 0.000000149. The van der Waals surface area contributed by atoms with Crippen LogP contribution in [0.4, 0.5) is 0 Å². The maximum absolute atomic E-state index is 10.2. The fourth-order valence-corrected chi connectivity index (χ4v) is 1.43. The number of hydrogen-bond donors (Lipinski definition) is 1. The van der Waals surface area contributed by atoms with Crippen molar-refractivity contribution in [2.45, 2.75) is 12.2 Å². The molecule has 20 heavy (non-hydrogen) atoms. The van der Waals surface area contributed by atoms with Gasteiger partial charge >= 0.3 is 0 Å². The standard InChI is InChI=1S/C8H8O3.C6H10O3/c1-11-8-4-6(5-9)2-3-7(8)10;1(5-3-8-5)7-2-6-4-9-6/h2-5,10H,1H3;5-6H,1-4H2. The van der Waals surface area contributed by atoms with Crippen molar-refractivity contribution >= 4 is 6.29 Å². The molecular weight excluding hydrogens is 264 g/mol. The van der Waals surface area contributed by atoms with E-state index in [1.54, 1.807) is 0 Å². The predicted molar refractivity (Wildman–Crippen MR) is 70.3 cm³/mol. The van der Waals surface area contributed by atoms with Crippen molar-refractivity contribution in [1.82, 2.24) is 0 Å². The zero-order valence-electron chi connectivity index (χ0n) is 11.3. The number of carbonyl (C=O) groups excluding carboxylic acids is 1. The molecule has 0 bridgehead atoms. The molecule has 1 aromatic rings. The van der Waals surface area contributed by atoms with Crippen LogP contribution in [0.25, 0.3) is 0 Å². The highest BCUT2D eigenvalue weighted by Gasteiger charge is 2.26. The van der Waals surface area contributed by atoms with Crippen LogP contribution in [0.3, 0.4) is 0 Å². The average Bonchev–Trinajstić information content (AvgIpc) is 3.35. The molecule has 2 fully saturated rings. The van der Waals surface area contributed by atoms with Crippen LogP contribution in [0.1, 0.15) is 10.4 Å². The molecule has 0 radical (unpaired) electrons. The van der Waals surface area contributed by atoms with Gasteiger partial charge in [0.1, 0.15) is 18.5 Å². The topological polar surface area (TPSA) is 80.8 Å². The van der Waals surface area contributed by atoms with Gasteiger partial charge in [-0.15, -0.1) is 0 Å². The van der Waals surface area contributed by atoms with Crippen LogP contribution in [0, 0.1) is 0 Å². The van der Waals surface area contributed by atoms with E-state index in [1.165, 1.54) is 25.3 Å². The SMILES string of the molecule is C(OCC1CO1)C1CO1.COc1cc(C=O)ccc1O. The fraction of sp³-hybridized carbons (Fsp3) is 0.500. The number of benzene rings is 1. The summed E-state index contributed by atoms with van der Waals surface area (Å²) in [5.41, 5.74) is 0.486. The molecule has 2 aliphatic heterocycles. The molecule has 6 heteroatoms. The molecule has 0 aromatic heterocycles. The third kappa shape index (κ3) is 5.16. The number of aromatic hydroxyl groups is 1. The second-order valence-electron chi connectivity index (χ2n) is 4.50. The molecule has 2 heterocycles. The van der Waals surface area contributed by atoms with Gasteiger partial charge in [0.25, 0.3) is 0 Å². The van der Waals surface area contributed by atoms with E-state index < -0.39 is 0 Å². The summed E-state index contributed by atoms with van der Waals surface area (Å²) >= 11 is 0. The van der Waals surface area contributed by atoms with Crippen molar-refractivity contribution in [2.24, 2.45) is 0 Å². The zero-order chi connectivity index (χ0) is 14.4. The molecule has 1 N–H and O–H groups in total. The fourth-order valence-electron chi connectivity index (χ4n) is 1.43. The molecule has 0 aliphatic carbocycles. The Morgan fingerprint density at radius 2 is 1.90 bits per heavy atom. The van der Waals surface area contributed by atoms with Gasteiger partial charge in [-0.2, -0.15) is 0 Å². The van der Waals surface area contributed by atoms with Crippen LogP contribution >= 0.6 is 0 Å². The van der Waals surface area contributed by atoms with E-state index >= 15 is 0 Å². The van der Waals surface area contributed by atoms with Crippen molar-refractivity contribution in [1.29, 1.82) is 0 Å². The lowest BCUT2D eigenvalue weighted by Crippen LogP contribution is -2.06. The Labute approximate surface area is 117 Å². The number of carbonyl (C=O) groups is 1. The summed E-state index contributed by atoms with van der Waals surface area (Å²) in [5.74, 6) is 0.354. The number of aldehydes is 1. The van der Waals surface area contributed by atoms with Crippen molar-refractivity contribution in [3.05, 3.63) is 23.8 Å². The highest BCUT2D eigenvalue weighted by Crippen LogP contribution is 2.25. The first kappa shape index (κ1) is 14.8. The molecule has 6 nitrogen and oxygen atoms in total. The van der Waals surface area contributed by atoms with Crippen molar-refractivity contribution in [3.8, 4) is 11.5 Å². The van der Waals surface area contributed by atoms with Crippen LogP contribution in [0.15, 0.2) is 18.2 Å². The number of hydrogen-bond acceptors (Lipinski definition) is 6. The van der Waals surface area contributed by atoms with Crippen LogP contribution in [0.5, 0.6) is 11.5 Å². The molecule has 110 valence electrons. The largest absolute Gasteiger partial charge is 0.504 e. The van der Waals surface area contributed by atoms with E-state index in [9.17, 15) is 4.79 Å². The lowest BCUT2D eigenvalue weighted by molar-refractivity contribution is 0.102. The first-order valence-corrected chi connectivity index (χ1v) is 6.36. The third-order valence-corrected chi connectivity index (χ3v) is 2.75. The molecule has 1 aromatic carbocycles. The summed E-state index contributed by atoms with van der Waals surface area (Å²) in [6.07, 6.45) is 1.48. The van der Waals surface area contributed by atoms with E-state index in [0.717, 1.165) is 26.4 Å². The minimum atomic E-state index is 0.0399. The van der Waals surface area contributed by atoms with Crippen molar-refractivity contribution in [3.63, 3.8) is 0 Å². The van der Waals surface area contributed by atoms with Crippen molar-refractivity contribution < 1.29 is 28.8 Å². The third-order valence-electron chi connectivity index (χ3n) is 2.75. The van der Waals surface area contributed by atoms with Gasteiger partial charge in [-0.1, -0.05) is 0 Å². The van der Waals surface area contributed by atoms with Gasteiger partial charge in [0.05, 0.1) is 33.5 Å². The molecule has 3 rings (SSSR count). The Hall–Kier alpha value is -1.63. The lowest BCUT2D eigenvalue weighted by atomic mass is 10.2. The molecule has 2 unspecified atom stereocenters. The summed E-state index contributed by atoms with van der Waals surface area (Å²) in [5, 5.41) is 9.09. The second-order valence-corrected chi connectivity index (χ2v) is 4.50. The molecule has 0 saturated carbocycles. The predicted octanol–water partition coefficient (Wildman–Crippen LogP) is 1.01. The second kappa shape index (κ2) is 7.23. The number of phenolic OH excluding ortho intramolecular Hbond substituents is 1. The minimum Gasteiger partial charge on any atom is -0.504 e. The van der Waals surface area contributed by atoms with Gasteiger partial charge in [0, 0.05) is 5.56 Å². The lowest BCUT2D eigenvalue weighted by Gasteiger charge is -2.01. The maximum Gasteiger partial charge on any atom is 0.161 e. The number of methoxy groups -OCH3 is 1. The number of ether oxygens (including phenoxy) is 4. The van der Waals surface area contributed by atoms with Crippen LogP contribution < -0.4 is 4.74 Å². The highest BCUT2D eigenvalue weighted by molar-refractivity contribution is 5.76. The first-order chi connectivity index (χ1) is 9.72. The average molecular weight is 282 g/mol. The zero-order valence-corrected chi connectivity index (χ0v) is 11.3. The highest BCUT2D eigenvalue weighted by atomic mass is 16.6. The molecule has 2 atom stereocenters. The Morgan fingerprint density at radius 3 is 2.35 bits per heavy atom. The molecule has 2 saturated heterocycles. The Kier molecular flexibility index (Phi) is 5.34. The van der Waals surface area contributed by atoms with Gasteiger partial charge in [0.2, 0.25) is 0 Å². The van der Waals surface area contributed by atoms with Gasteiger partial charge < -0.3 is 24.1 Å². The minimum absolute atomic E-state index is 0.0399. The summed E-state index contributed by atoms with van der Waals surface area (Å²) in [6.45, 7) is 3.26. The summed E-state index contributed by atoms with van der Waals surface area (Å²) in [7, 11) is 1.43. The van der Waals surface area contributed by atoms with Crippen LogP contribution in [-0.4, -0.2) is 57.1 Å². The number of phenols is 1. The molecular formula is C14H18O6. The van der Waals surface area contributed by atoms with Crippen LogP contribution in [-0.2, 0) is 14.2 Å².